The van der Waals surface area contributed by atoms with Gasteiger partial charge >= 0.3 is 12.1 Å². The second kappa shape index (κ2) is 10.2. The van der Waals surface area contributed by atoms with Crippen molar-refractivity contribution in [2.75, 3.05) is 13.6 Å². The molecule has 1 aromatic carbocycles. The molecular formula is C22H15Cl3F5N5O3. The maximum atomic E-state index is 12.9. The Labute approximate surface area is 225 Å². The summed E-state index contributed by atoms with van der Waals surface area (Å²) in [7, 11) is 1.40. The van der Waals surface area contributed by atoms with Crippen molar-refractivity contribution in [1.82, 2.24) is 24.4 Å². The van der Waals surface area contributed by atoms with Gasteiger partial charge < -0.3 is 18.9 Å². The van der Waals surface area contributed by atoms with Crippen LogP contribution in [0.3, 0.4) is 0 Å². The molecule has 0 unspecified atom stereocenters. The molecule has 0 bridgehead atoms. The minimum absolute atomic E-state index is 0.0324. The van der Waals surface area contributed by atoms with Gasteiger partial charge in [-0.15, -0.1) is 0 Å². The van der Waals surface area contributed by atoms with E-state index in [2.05, 4.69) is 15.1 Å². The number of aromatic nitrogens is 4. The first-order chi connectivity index (χ1) is 17.7. The molecule has 1 amide bonds. The summed E-state index contributed by atoms with van der Waals surface area (Å²) in [6, 6.07) is 3.35. The number of amides is 1. The lowest BCUT2D eigenvalue weighted by molar-refractivity contribution is -0.162. The number of nitrogens with zero attached hydrogens (tertiary/aromatic N) is 5. The molecular weight excluding hydrogens is 584 g/mol. The number of benzene rings is 1. The lowest BCUT2D eigenvalue weighted by Gasteiger charge is -2.28. The molecule has 16 heteroatoms. The van der Waals surface area contributed by atoms with Crippen LogP contribution < -0.4 is 0 Å². The van der Waals surface area contributed by atoms with Crippen LogP contribution in [0, 0.1) is 0 Å². The van der Waals surface area contributed by atoms with Gasteiger partial charge in [-0.2, -0.15) is 26.9 Å². The summed E-state index contributed by atoms with van der Waals surface area (Å²) in [5.74, 6) is -4.37. The lowest BCUT2D eigenvalue weighted by Crippen LogP contribution is -2.46. The van der Waals surface area contributed by atoms with Gasteiger partial charge in [-0.3, -0.25) is 4.79 Å². The van der Waals surface area contributed by atoms with E-state index in [9.17, 15) is 31.9 Å². The Morgan fingerprint density at radius 1 is 1.05 bits per heavy atom. The highest BCUT2D eigenvalue weighted by molar-refractivity contribution is 6.36. The minimum Gasteiger partial charge on any atom is -0.506 e. The van der Waals surface area contributed by atoms with Crippen LogP contribution in [0.4, 0.5) is 22.0 Å². The molecule has 1 saturated heterocycles. The predicted octanol–water partition coefficient (Wildman–Crippen LogP) is 6.61. The second-order valence-electron chi connectivity index (χ2n) is 8.17. The average molecular weight is 599 g/mol. The fourth-order valence-electron chi connectivity index (χ4n) is 3.49. The summed E-state index contributed by atoms with van der Waals surface area (Å²) in [5, 5.41) is 13.3. The first-order valence-electron chi connectivity index (χ1n) is 10.6. The van der Waals surface area contributed by atoms with Gasteiger partial charge in [0, 0.05) is 44.0 Å². The van der Waals surface area contributed by atoms with Crippen molar-refractivity contribution in [3.05, 3.63) is 51.2 Å². The van der Waals surface area contributed by atoms with Crippen molar-refractivity contribution < 1.29 is 36.4 Å². The molecule has 0 aliphatic carbocycles. The van der Waals surface area contributed by atoms with E-state index in [0.29, 0.717) is 18.5 Å². The first kappa shape index (κ1) is 27.9. The minimum atomic E-state index is -4.56. The third-order valence-corrected chi connectivity index (χ3v) is 6.29. The number of alkyl halides is 5. The van der Waals surface area contributed by atoms with E-state index >= 15 is 0 Å². The Bertz CT molecular complexity index is 1520. The van der Waals surface area contributed by atoms with Crippen LogP contribution in [0.15, 0.2) is 35.1 Å². The third-order valence-electron chi connectivity index (χ3n) is 5.40. The number of pyridine rings is 1. The molecule has 5 rings (SSSR count). The molecule has 0 spiro atoms. The van der Waals surface area contributed by atoms with Crippen LogP contribution in [0.5, 0.6) is 5.75 Å². The van der Waals surface area contributed by atoms with Crippen LogP contribution in [0.25, 0.3) is 28.6 Å². The number of piperidine rings is 1. The molecule has 0 radical (unpaired) electrons. The van der Waals surface area contributed by atoms with Crippen molar-refractivity contribution >= 4 is 46.4 Å². The van der Waals surface area contributed by atoms with E-state index in [-0.39, 0.29) is 50.3 Å². The summed E-state index contributed by atoms with van der Waals surface area (Å²) in [6.07, 6.45) is -2.33. The van der Waals surface area contributed by atoms with E-state index < -0.39 is 23.6 Å². The number of likely N-dealkylation sites (tertiary alicyclic amines) is 1. The molecule has 1 N–H and O–H groups in total. The number of phenols is 1. The normalized spacial score (nSPS) is 15.5. The number of carbonyl (C=O) groups is 1. The number of hydrogen-bond acceptors (Lipinski definition) is 6. The highest BCUT2D eigenvalue weighted by Crippen LogP contribution is 2.36. The highest BCUT2D eigenvalue weighted by atomic mass is 35.5. The topological polar surface area (TPSA) is 96.8 Å². The monoisotopic (exact) mass is 597 g/mol. The Hall–Kier alpha value is -3.16. The quantitative estimate of drug-likeness (QED) is 0.261. The van der Waals surface area contributed by atoms with Crippen LogP contribution in [0.2, 0.25) is 15.1 Å². The molecule has 8 nitrogen and oxygen atoms in total. The Morgan fingerprint density at radius 2 is 1.76 bits per heavy atom. The van der Waals surface area contributed by atoms with Crippen LogP contribution in [0.1, 0.15) is 18.4 Å². The standard InChI is InChI=1S/C16H6Cl3F3N4O2.C6H9F2NO/c17-8-3-12(27)9(18)2-7(8)13-24-15(28-25-13)11-5-26-4-6(16(20,21)22)1-10(19)14(26)23-11;1-9-4-2-3-6(7,8)5(9)10/h1-5,27H;2-4H2,1H3. The molecule has 3 aromatic heterocycles. The summed E-state index contributed by atoms with van der Waals surface area (Å²) in [6.45, 7) is 0.453. The van der Waals surface area contributed by atoms with Gasteiger partial charge in [0.2, 0.25) is 5.82 Å². The van der Waals surface area contributed by atoms with Crippen molar-refractivity contribution in [3.63, 3.8) is 0 Å². The maximum Gasteiger partial charge on any atom is 0.417 e. The van der Waals surface area contributed by atoms with Crippen molar-refractivity contribution in [1.29, 1.82) is 0 Å². The van der Waals surface area contributed by atoms with Gasteiger partial charge in [0.05, 0.1) is 20.6 Å². The van der Waals surface area contributed by atoms with Crippen LogP contribution in [-0.2, 0) is 11.0 Å². The largest absolute Gasteiger partial charge is 0.506 e. The number of phenolic OH excluding ortho intramolecular Hbond substituents is 1. The molecule has 38 heavy (non-hydrogen) atoms. The van der Waals surface area contributed by atoms with Gasteiger partial charge in [0.15, 0.2) is 5.65 Å². The zero-order valence-corrected chi connectivity index (χ0v) is 21.3. The average Bonchev–Trinajstić information content (AvgIpc) is 3.47. The van der Waals surface area contributed by atoms with E-state index in [0.717, 1.165) is 21.6 Å². The number of hydrogen-bond donors (Lipinski definition) is 1. The predicted molar refractivity (Wildman–Crippen MR) is 127 cm³/mol. The summed E-state index contributed by atoms with van der Waals surface area (Å²) >= 11 is 17.8. The number of halogens is 8. The SMILES string of the molecule is CN1CCCC(F)(F)C1=O.Oc1cc(Cl)c(-c2noc(-c3cn4cc(C(F)(F)F)cc(Cl)c4n3)n2)cc1Cl. The summed E-state index contributed by atoms with van der Waals surface area (Å²) < 4.78 is 70.0. The first-order valence-corrected chi connectivity index (χ1v) is 11.7. The zero-order valence-electron chi connectivity index (χ0n) is 19.0. The zero-order chi connectivity index (χ0) is 28.0. The number of aromatic hydroxyl groups is 1. The van der Waals surface area contributed by atoms with Crippen molar-refractivity contribution in [3.8, 4) is 28.7 Å². The number of fused-ring (bicyclic) bond motifs is 1. The molecule has 1 aliphatic heterocycles. The van der Waals surface area contributed by atoms with Crippen LogP contribution in [-0.4, -0.2) is 55.0 Å². The van der Waals surface area contributed by atoms with E-state index in [4.69, 9.17) is 39.3 Å². The van der Waals surface area contributed by atoms with E-state index in [1.54, 1.807) is 0 Å². The van der Waals surface area contributed by atoms with Crippen molar-refractivity contribution in [2.24, 2.45) is 0 Å². The molecule has 1 fully saturated rings. The van der Waals surface area contributed by atoms with Gasteiger partial charge in [-0.1, -0.05) is 40.0 Å². The third kappa shape index (κ3) is 5.64. The van der Waals surface area contributed by atoms with Gasteiger partial charge in [0.25, 0.3) is 11.8 Å². The van der Waals surface area contributed by atoms with Gasteiger partial charge in [0.1, 0.15) is 11.4 Å². The molecule has 202 valence electrons. The number of imidazole rings is 1. The Kier molecular flexibility index (Phi) is 7.47. The number of carbonyl (C=O) groups excluding carboxylic acids is 1. The van der Waals surface area contributed by atoms with Gasteiger partial charge in [-0.05, 0) is 18.6 Å². The van der Waals surface area contributed by atoms with E-state index in [1.807, 2.05) is 0 Å². The Morgan fingerprint density at radius 3 is 2.39 bits per heavy atom. The van der Waals surface area contributed by atoms with Crippen molar-refractivity contribution in [2.45, 2.75) is 24.9 Å². The fourth-order valence-corrected chi connectivity index (χ4v) is 4.15. The number of rotatable bonds is 2. The maximum absolute atomic E-state index is 12.9. The van der Waals surface area contributed by atoms with Gasteiger partial charge in [-0.25, -0.2) is 4.98 Å². The molecule has 0 atom stereocenters. The molecule has 4 aromatic rings. The molecule has 4 heterocycles. The van der Waals surface area contributed by atoms with Crippen LogP contribution >= 0.6 is 34.8 Å². The fraction of sp³-hybridized carbons (Fsp3) is 0.273. The smallest absolute Gasteiger partial charge is 0.417 e. The Balaban J connectivity index is 0.000000283. The summed E-state index contributed by atoms with van der Waals surface area (Å²) in [4.78, 5) is 20.0. The second-order valence-corrected chi connectivity index (χ2v) is 9.39. The lowest BCUT2D eigenvalue weighted by atomic mass is 10.1. The highest BCUT2D eigenvalue weighted by Gasteiger charge is 2.43. The molecule has 1 aliphatic rings. The summed E-state index contributed by atoms with van der Waals surface area (Å²) in [5.41, 5.74) is -0.428. The van der Waals surface area contributed by atoms with E-state index in [1.165, 1.54) is 25.4 Å². The molecule has 0 saturated carbocycles.